The van der Waals surface area contributed by atoms with Crippen molar-refractivity contribution >= 4 is 11.5 Å². The summed E-state index contributed by atoms with van der Waals surface area (Å²) in [6.45, 7) is 1.86. The van der Waals surface area contributed by atoms with E-state index in [-0.39, 0.29) is 6.04 Å². The van der Waals surface area contributed by atoms with Crippen molar-refractivity contribution in [1.29, 1.82) is 0 Å². The Bertz CT molecular complexity index is 503. The van der Waals surface area contributed by atoms with Crippen LogP contribution in [0.15, 0.2) is 4.52 Å². The molecule has 0 bridgehead atoms. The van der Waals surface area contributed by atoms with Gasteiger partial charge in [-0.2, -0.15) is 4.98 Å². The smallest absolute Gasteiger partial charge is 0.271 e. The quantitative estimate of drug-likeness (QED) is 0.865. The highest BCUT2D eigenvalue weighted by molar-refractivity contribution is 7.09. The van der Waals surface area contributed by atoms with Gasteiger partial charge in [0.05, 0.1) is 11.7 Å². The topological polar surface area (TPSA) is 90.7 Å². The summed E-state index contributed by atoms with van der Waals surface area (Å²) in [5.41, 5.74) is 6.80. The molecule has 0 aliphatic heterocycles. The monoisotopic (exact) mass is 237 g/mol. The van der Waals surface area contributed by atoms with Crippen LogP contribution in [0.2, 0.25) is 0 Å². The van der Waals surface area contributed by atoms with Crippen LogP contribution >= 0.6 is 11.5 Å². The standard InChI is InChI=1S/C9H11N5OS/c1-4-7(16-14-12-4)9-11-8(13-15-9)6(10)5-2-3-5/h5-6H,2-3,10H2,1H3. The molecule has 1 saturated carbocycles. The van der Waals surface area contributed by atoms with Crippen molar-refractivity contribution in [3.05, 3.63) is 11.5 Å². The van der Waals surface area contributed by atoms with Crippen molar-refractivity contribution < 1.29 is 4.52 Å². The number of aromatic nitrogens is 4. The molecule has 2 aromatic rings. The van der Waals surface area contributed by atoms with Crippen molar-refractivity contribution in [2.75, 3.05) is 0 Å². The highest BCUT2D eigenvalue weighted by Crippen LogP contribution is 2.39. The summed E-state index contributed by atoms with van der Waals surface area (Å²) in [5, 5.41) is 7.82. The SMILES string of the molecule is Cc1nnsc1-c1nc(C(N)C2CC2)no1. The summed E-state index contributed by atoms with van der Waals surface area (Å²) < 4.78 is 9.01. The largest absolute Gasteiger partial charge is 0.333 e. The Hall–Kier alpha value is -1.34. The molecule has 84 valence electrons. The third-order valence-electron chi connectivity index (χ3n) is 2.72. The lowest BCUT2D eigenvalue weighted by molar-refractivity contribution is 0.412. The van der Waals surface area contributed by atoms with Gasteiger partial charge in [0.25, 0.3) is 5.89 Å². The lowest BCUT2D eigenvalue weighted by Crippen LogP contribution is -2.13. The molecule has 7 heteroatoms. The number of hydrogen-bond acceptors (Lipinski definition) is 7. The van der Waals surface area contributed by atoms with E-state index in [1.807, 2.05) is 6.92 Å². The van der Waals surface area contributed by atoms with Gasteiger partial charge in [0.2, 0.25) is 0 Å². The molecule has 0 amide bonds. The van der Waals surface area contributed by atoms with Crippen molar-refractivity contribution in [3.8, 4) is 10.8 Å². The first kappa shape index (κ1) is 9.86. The van der Waals surface area contributed by atoms with Gasteiger partial charge in [0.15, 0.2) is 5.82 Å². The zero-order valence-corrected chi connectivity index (χ0v) is 9.57. The fourth-order valence-corrected chi connectivity index (χ4v) is 2.14. The van der Waals surface area contributed by atoms with Gasteiger partial charge in [-0.3, -0.25) is 0 Å². The maximum Gasteiger partial charge on any atom is 0.271 e. The average molecular weight is 237 g/mol. The summed E-state index contributed by atoms with van der Waals surface area (Å²) in [4.78, 5) is 5.12. The van der Waals surface area contributed by atoms with Crippen LogP contribution in [0.25, 0.3) is 10.8 Å². The van der Waals surface area contributed by atoms with Gasteiger partial charge in [-0.25, -0.2) is 0 Å². The second kappa shape index (κ2) is 3.60. The van der Waals surface area contributed by atoms with E-state index in [2.05, 4.69) is 19.7 Å². The highest BCUT2D eigenvalue weighted by atomic mass is 32.1. The first-order chi connectivity index (χ1) is 7.75. The fraction of sp³-hybridized carbons (Fsp3) is 0.556. The molecule has 0 aromatic carbocycles. The fourth-order valence-electron chi connectivity index (χ4n) is 1.56. The van der Waals surface area contributed by atoms with Crippen LogP contribution in [0.3, 0.4) is 0 Å². The first-order valence-electron chi connectivity index (χ1n) is 5.14. The molecule has 0 saturated heterocycles. The number of nitrogens with two attached hydrogens (primary N) is 1. The lowest BCUT2D eigenvalue weighted by atomic mass is 10.2. The van der Waals surface area contributed by atoms with E-state index in [1.165, 1.54) is 11.5 Å². The van der Waals surface area contributed by atoms with Gasteiger partial charge in [-0.1, -0.05) is 9.64 Å². The maximum absolute atomic E-state index is 5.99. The van der Waals surface area contributed by atoms with Crippen LogP contribution in [-0.4, -0.2) is 19.7 Å². The zero-order chi connectivity index (χ0) is 11.1. The maximum atomic E-state index is 5.99. The molecule has 3 rings (SSSR count). The molecular weight excluding hydrogens is 226 g/mol. The van der Waals surface area contributed by atoms with E-state index >= 15 is 0 Å². The molecule has 16 heavy (non-hydrogen) atoms. The molecule has 1 unspecified atom stereocenters. The van der Waals surface area contributed by atoms with Gasteiger partial charge in [-0.05, 0) is 37.2 Å². The minimum absolute atomic E-state index is 0.0984. The first-order valence-corrected chi connectivity index (χ1v) is 5.91. The Morgan fingerprint density at radius 1 is 1.50 bits per heavy atom. The van der Waals surface area contributed by atoms with Crippen molar-refractivity contribution in [1.82, 2.24) is 19.7 Å². The minimum atomic E-state index is -0.0984. The van der Waals surface area contributed by atoms with Crippen LogP contribution < -0.4 is 5.73 Å². The third-order valence-corrected chi connectivity index (χ3v) is 3.53. The Kier molecular flexibility index (Phi) is 2.22. The van der Waals surface area contributed by atoms with Gasteiger partial charge >= 0.3 is 0 Å². The molecule has 2 heterocycles. The van der Waals surface area contributed by atoms with Crippen molar-refractivity contribution in [2.24, 2.45) is 11.7 Å². The molecule has 2 N–H and O–H groups in total. The van der Waals surface area contributed by atoms with Crippen molar-refractivity contribution in [2.45, 2.75) is 25.8 Å². The number of aryl methyl sites for hydroxylation is 1. The van der Waals surface area contributed by atoms with Crippen LogP contribution in [0.4, 0.5) is 0 Å². The molecule has 1 fully saturated rings. The van der Waals surface area contributed by atoms with E-state index in [9.17, 15) is 0 Å². The summed E-state index contributed by atoms with van der Waals surface area (Å²) in [7, 11) is 0. The van der Waals surface area contributed by atoms with Gasteiger partial charge in [0, 0.05) is 0 Å². The predicted molar refractivity (Wildman–Crippen MR) is 57.6 cm³/mol. The van der Waals surface area contributed by atoms with E-state index < -0.39 is 0 Å². The Labute approximate surface area is 96.0 Å². The van der Waals surface area contributed by atoms with Crippen LogP contribution in [0.5, 0.6) is 0 Å². The summed E-state index contributed by atoms with van der Waals surface area (Å²) in [5.74, 6) is 1.58. The van der Waals surface area contributed by atoms with Crippen LogP contribution in [0, 0.1) is 12.8 Å². The van der Waals surface area contributed by atoms with Gasteiger partial charge in [-0.15, -0.1) is 5.10 Å². The summed E-state index contributed by atoms with van der Waals surface area (Å²) in [6.07, 6.45) is 2.32. The third kappa shape index (κ3) is 1.61. The summed E-state index contributed by atoms with van der Waals surface area (Å²) >= 11 is 1.25. The van der Waals surface area contributed by atoms with E-state index in [4.69, 9.17) is 10.3 Å². The molecule has 6 nitrogen and oxygen atoms in total. The summed E-state index contributed by atoms with van der Waals surface area (Å²) in [6, 6.07) is -0.0984. The second-order valence-electron chi connectivity index (χ2n) is 4.01. The molecule has 1 aliphatic rings. The van der Waals surface area contributed by atoms with Gasteiger partial charge < -0.3 is 10.3 Å². The molecule has 2 aromatic heterocycles. The zero-order valence-electron chi connectivity index (χ0n) is 8.75. The van der Waals surface area contributed by atoms with Crippen molar-refractivity contribution in [3.63, 3.8) is 0 Å². The normalized spacial score (nSPS) is 17.6. The average Bonchev–Trinajstić information content (AvgIpc) is 2.86. The Balaban J connectivity index is 1.90. The predicted octanol–water partition coefficient (Wildman–Crippen LogP) is 1.31. The minimum Gasteiger partial charge on any atom is -0.333 e. The van der Waals surface area contributed by atoms with E-state index in [0.717, 1.165) is 23.4 Å². The molecular formula is C9H11N5OS. The molecule has 0 spiro atoms. The Morgan fingerprint density at radius 2 is 2.31 bits per heavy atom. The Morgan fingerprint density at radius 3 is 2.94 bits per heavy atom. The second-order valence-corrected chi connectivity index (χ2v) is 4.76. The lowest BCUT2D eigenvalue weighted by Gasteiger charge is -2.01. The molecule has 0 radical (unpaired) electrons. The number of hydrogen-bond donors (Lipinski definition) is 1. The molecule has 1 atom stereocenters. The van der Waals surface area contributed by atoms with Crippen LogP contribution in [-0.2, 0) is 0 Å². The van der Waals surface area contributed by atoms with Crippen LogP contribution in [0.1, 0.15) is 30.4 Å². The van der Waals surface area contributed by atoms with E-state index in [0.29, 0.717) is 17.6 Å². The number of nitrogens with zero attached hydrogens (tertiary/aromatic N) is 4. The van der Waals surface area contributed by atoms with E-state index in [1.54, 1.807) is 0 Å². The molecule has 1 aliphatic carbocycles. The highest BCUT2D eigenvalue weighted by Gasteiger charge is 2.33. The van der Waals surface area contributed by atoms with Gasteiger partial charge in [0.1, 0.15) is 4.88 Å². The number of rotatable bonds is 3.